The molecule has 3 aromatic carbocycles. The molecule has 215 valence electrons. The normalized spacial score (nSPS) is 16.6. The molecule has 3 aromatic rings. The Hall–Kier alpha value is -4.69. The zero-order valence-corrected chi connectivity index (χ0v) is 24.6. The molecule has 1 N–H and O–H groups in total. The number of aryl methyl sites for hydroxylation is 1. The maximum Gasteiger partial charge on any atom is 0.261 e. The Morgan fingerprint density at radius 1 is 1.15 bits per heavy atom. The van der Waals surface area contributed by atoms with Gasteiger partial charge in [-0.15, -0.1) is 0 Å². The first kappa shape index (κ1) is 28.9. The summed E-state index contributed by atoms with van der Waals surface area (Å²) in [4.78, 5) is 16.0. The van der Waals surface area contributed by atoms with Gasteiger partial charge in [0.05, 0.1) is 4.90 Å². The molecular weight excluding hydrogens is 767 g/mol. The molecule has 1 amide bonds. The molecule has 2 atom stereocenters. The number of benzene rings is 3. The van der Waals surface area contributed by atoms with Crippen LogP contribution in [0, 0.1) is 19.3 Å². The molecule has 0 aliphatic carbocycles. The maximum absolute atomic E-state index is 14.5. The molecule has 10 heteroatoms. The summed E-state index contributed by atoms with van der Waals surface area (Å²) in [5.74, 6) is -0.00922. The van der Waals surface area contributed by atoms with Crippen LogP contribution in [0.4, 0.5) is 10.1 Å². The number of ether oxygens (including phenoxy) is 1. The van der Waals surface area contributed by atoms with Crippen LogP contribution >= 0.6 is 0 Å². The van der Waals surface area contributed by atoms with Crippen LogP contribution < -0.4 is 9.46 Å². The van der Waals surface area contributed by atoms with E-state index in [1.54, 1.807) is 60.4 Å². The number of carbonyl (C=O) groups excluding carboxylic acids is 1. The van der Waals surface area contributed by atoms with E-state index in [0.717, 1.165) is 0 Å². The smallest absolute Gasteiger partial charge is 0.261 e. The maximum atomic E-state index is 14.5. The van der Waals surface area contributed by atoms with Crippen molar-refractivity contribution < 1.29 is 22.3 Å². The summed E-state index contributed by atoms with van der Waals surface area (Å²) in [6.45, 7) is 10.7. The number of hydrogen-bond donors (Lipinski definition) is 1. The van der Waals surface area contributed by atoms with Crippen molar-refractivity contribution in [1.82, 2.24) is 9.80 Å². The third kappa shape index (κ3) is 7.00. The Bertz CT molecular complexity index is 1390. The van der Waals surface area contributed by atoms with Crippen molar-refractivity contribution in [1.29, 1.82) is 0 Å². The molecule has 1 fully saturated rings. The number of nitrogens with zero attached hydrogens (tertiary/aromatic N) is 2. The Morgan fingerprint density at radius 2 is 1.85 bits per heavy atom. The van der Waals surface area contributed by atoms with Crippen LogP contribution in [0.1, 0.15) is 24.2 Å². The van der Waals surface area contributed by atoms with E-state index in [1.165, 1.54) is 24.3 Å². The van der Waals surface area contributed by atoms with Crippen molar-refractivity contribution in [3.63, 3.8) is 0 Å². The minimum Gasteiger partial charge on any atom is -0.484 e. The topological polar surface area (TPSA) is 79.0 Å². The van der Waals surface area contributed by atoms with Gasteiger partial charge in [-0.2, -0.15) is 0 Å². The average molecular weight is 799 g/mol. The molecule has 0 aromatic heterocycles. The summed E-state index contributed by atoms with van der Waals surface area (Å²) in [7, 11) is -3.77. The van der Waals surface area contributed by atoms with E-state index in [2.05, 4.69) is 16.2 Å². The summed E-state index contributed by atoms with van der Waals surface area (Å²) in [5, 5.41) is 0. The fourth-order valence-corrected chi connectivity index (χ4v) is 5.35. The monoisotopic (exact) mass is 798 g/mol. The van der Waals surface area contributed by atoms with Crippen molar-refractivity contribution in [2.24, 2.45) is 0 Å². The summed E-state index contributed by atoms with van der Waals surface area (Å²) >= 11 is 0. The van der Waals surface area contributed by atoms with Crippen molar-refractivity contribution in [2.45, 2.75) is 30.9 Å². The Kier molecular flexibility index (Phi) is 9.06. The first-order valence-electron chi connectivity index (χ1n) is 12.3. The molecule has 0 saturated carbocycles. The first-order chi connectivity index (χ1) is 18.2. The summed E-state index contributed by atoms with van der Waals surface area (Å²) in [5.41, 5.74) is 1.65. The SMILES string of the molecule is C=CC(=O)N1CCN(C[C@@H](Oc2ccc(S(=O)(=O)Nc3ccccc3)cc2)c2ccc(C)c(F)c2)[CH-][C@H]1C.[Lr]. The van der Waals surface area contributed by atoms with E-state index in [1.807, 2.05) is 19.5 Å². The molecule has 1 heterocycles. The average Bonchev–Trinajstić information content (AvgIpc) is 2.90. The Balaban J connectivity index is 0.00000420. The van der Waals surface area contributed by atoms with Crippen molar-refractivity contribution >= 4 is 21.6 Å². The van der Waals surface area contributed by atoms with Gasteiger partial charge in [0.15, 0.2) is 0 Å². The van der Waals surface area contributed by atoms with E-state index in [4.69, 9.17) is 4.74 Å². The van der Waals surface area contributed by atoms with Gasteiger partial charge >= 0.3 is 0 Å². The quantitative estimate of drug-likeness (QED) is 0.246. The largest absolute Gasteiger partial charge is 0.484 e. The molecule has 0 unspecified atom stereocenters. The van der Waals surface area contributed by atoms with E-state index in [0.29, 0.717) is 42.2 Å². The number of carbonyl (C=O) groups is 1. The second kappa shape index (κ2) is 12.2. The van der Waals surface area contributed by atoms with Gasteiger partial charge in [-0.1, -0.05) is 49.9 Å². The minimum atomic E-state index is -3.77. The number of amides is 1. The zero-order valence-electron chi connectivity index (χ0n) is 21.6. The van der Waals surface area contributed by atoms with E-state index < -0.39 is 16.1 Å². The van der Waals surface area contributed by atoms with Gasteiger partial charge in [-0.25, -0.2) is 19.4 Å². The summed E-state index contributed by atoms with van der Waals surface area (Å²) < 4.78 is 48.8. The molecular formula is C29H31FLrN3O4S-. The van der Waals surface area contributed by atoms with Gasteiger partial charge in [0.25, 0.3) is 10.0 Å². The first-order valence-corrected chi connectivity index (χ1v) is 13.8. The molecule has 39 heavy (non-hydrogen) atoms. The standard InChI is InChI=1S/C29H31FN3O4S.Lr/c1-4-29(34)33-17-16-32(19-22(33)3)20-28(23-11-10-21(2)27(30)18-23)37-25-12-14-26(15-13-25)38(35,36)31-24-8-6-5-7-9-24;/h4-15,18-19,22,28,31H,1,16-17,20H2,2-3H3;/q-1;/t22-,28-;/m1./s1. The Labute approximate surface area is 223 Å². The predicted molar refractivity (Wildman–Crippen MR) is 145 cm³/mol. The third-order valence-electron chi connectivity index (χ3n) is 6.41. The molecule has 0 spiro atoms. The van der Waals surface area contributed by atoms with Gasteiger partial charge < -0.3 is 14.5 Å². The van der Waals surface area contributed by atoms with Gasteiger partial charge in [0.1, 0.15) is 17.7 Å². The van der Waals surface area contributed by atoms with Crippen molar-refractivity contribution in [3.8, 4) is 5.75 Å². The number of anilines is 1. The van der Waals surface area contributed by atoms with Crippen LogP contribution in [-0.2, 0) is 14.8 Å². The van der Waals surface area contributed by atoms with E-state index in [9.17, 15) is 17.6 Å². The summed E-state index contributed by atoms with van der Waals surface area (Å²) in [6, 6.07) is 19.6. The van der Waals surface area contributed by atoms with E-state index in [-0.39, 0.29) is 22.7 Å². The van der Waals surface area contributed by atoms with Gasteiger partial charge in [0.2, 0.25) is 5.91 Å². The second-order valence-corrected chi connectivity index (χ2v) is 10.9. The zero-order chi connectivity index (χ0) is 27.3. The molecule has 0 bridgehead atoms. The van der Waals surface area contributed by atoms with Crippen LogP contribution in [-0.4, -0.2) is 49.8 Å². The molecule has 4 rings (SSSR count). The Morgan fingerprint density at radius 3 is 2.46 bits per heavy atom. The number of halogens is 1. The van der Waals surface area contributed by atoms with Crippen molar-refractivity contribution in [3.05, 3.63) is 109 Å². The molecule has 1 saturated heterocycles. The predicted octanol–water partition coefficient (Wildman–Crippen LogP) is 4.94. The van der Waals surface area contributed by atoms with Crippen LogP contribution in [0.5, 0.6) is 5.75 Å². The van der Waals surface area contributed by atoms with Gasteiger partial charge in [-0.05, 0) is 73.1 Å². The number of hydrogen-bond acceptors (Lipinski definition) is 5. The second-order valence-electron chi connectivity index (χ2n) is 9.18. The van der Waals surface area contributed by atoms with Gasteiger partial charge in [0, 0.05) is 18.8 Å². The number of sulfonamides is 1. The van der Waals surface area contributed by atoms with Gasteiger partial charge in [-0.3, -0.25) is 9.52 Å². The van der Waals surface area contributed by atoms with Crippen molar-refractivity contribution in [2.75, 3.05) is 24.4 Å². The fourth-order valence-electron chi connectivity index (χ4n) is 4.30. The van der Waals surface area contributed by atoms with Crippen LogP contribution in [0.2, 0.25) is 0 Å². The molecule has 1 radical (unpaired) electrons. The van der Waals surface area contributed by atoms with E-state index >= 15 is 0 Å². The number of rotatable bonds is 9. The number of nitrogens with one attached hydrogen (secondary N) is 1. The molecule has 7 nitrogen and oxygen atoms in total. The number of para-hydroxylation sites is 1. The third-order valence-corrected chi connectivity index (χ3v) is 7.81. The summed E-state index contributed by atoms with van der Waals surface area (Å²) in [6.07, 6.45) is 0.764. The molecule has 1 aliphatic rings. The minimum absolute atomic E-state index is 0. The molecule has 1 aliphatic heterocycles. The van der Waals surface area contributed by atoms with Crippen LogP contribution in [0.3, 0.4) is 0 Å². The van der Waals surface area contributed by atoms with Crippen LogP contribution in [0.25, 0.3) is 0 Å². The van der Waals surface area contributed by atoms with Crippen LogP contribution in [0.15, 0.2) is 90.3 Å². The number of piperazine rings is 1. The fraction of sp³-hybridized carbons (Fsp3) is 0.241.